The molecular formula is C24H21ClFN5. The lowest BCUT2D eigenvalue weighted by Crippen LogP contribution is -2.13. The lowest BCUT2D eigenvalue weighted by Gasteiger charge is -2.21. The first-order chi connectivity index (χ1) is 14.8. The van der Waals surface area contributed by atoms with Gasteiger partial charge in [0.15, 0.2) is 0 Å². The summed E-state index contributed by atoms with van der Waals surface area (Å²) in [5, 5.41) is 9.50. The highest BCUT2D eigenvalue weighted by molar-refractivity contribution is 6.31. The number of fused-ring (bicyclic) bond motifs is 3. The second kappa shape index (κ2) is 7.21. The van der Waals surface area contributed by atoms with Crippen molar-refractivity contribution in [3.63, 3.8) is 0 Å². The summed E-state index contributed by atoms with van der Waals surface area (Å²) in [7, 11) is 1.85. The second-order valence-corrected chi connectivity index (χ2v) is 9.04. The van der Waals surface area contributed by atoms with Crippen LogP contribution in [0.1, 0.15) is 32.3 Å². The standard InChI is InChI=1S/C24H21ClFN5/c1-24(2,16-4-5-16)9-8-15-10-18(26)13-19(11-15)30(3)22-20-7-6-17(25)12-21(20)31-14-27-29-23(31)28-22/h6-7,10-14,16H,4-5H2,1-3H3. The van der Waals surface area contributed by atoms with Crippen LogP contribution in [0.15, 0.2) is 42.7 Å². The van der Waals surface area contributed by atoms with Crippen molar-refractivity contribution in [1.82, 2.24) is 19.6 Å². The molecular weight excluding hydrogens is 413 g/mol. The van der Waals surface area contributed by atoms with Crippen LogP contribution in [0.4, 0.5) is 15.9 Å². The van der Waals surface area contributed by atoms with Crippen molar-refractivity contribution in [2.45, 2.75) is 26.7 Å². The molecule has 1 saturated carbocycles. The molecule has 1 aliphatic carbocycles. The van der Waals surface area contributed by atoms with Crippen LogP contribution in [-0.2, 0) is 0 Å². The Hall–Kier alpha value is -3.17. The highest BCUT2D eigenvalue weighted by Gasteiger charge is 2.36. The summed E-state index contributed by atoms with van der Waals surface area (Å²) in [5.41, 5.74) is 2.06. The third-order valence-electron chi connectivity index (χ3n) is 5.91. The molecule has 0 aliphatic heterocycles. The molecule has 2 aromatic heterocycles. The van der Waals surface area contributed by atoms with E-state index in [-0.39, 0.29) is 11.2 Å². The minimum Gasteiger partial charge on any atom is -0.329 e. The summed E-state index contributed by atoms with van der Waals surface area (Å²) in [4.78, 5) is 6.50. The van der Waals surface area contributed by atoms with E-state index in [0.29, 0.717) is 33.8 Å². The average molecular weight is 434 g/mol. The normalized spacial score (nSPS) is 14.0. The number of hydrogen-bond donors (Lipinski definition) is 0. The van der Waals surface area contributed by atoms with Crippen LogP contribution in [0, 0.1) is 29.0 Å². The maximum atomic E-state index is 14.5. The quantitative estimate of drug-likeness (QED) is 0.393. The summed E-state index contributed by atoms with van der Waals surface area (Å²) in [5.74, 6) is 7.89. The molecule has 0 spiro atoms. The van der Waals surface area contributed by atoms with E-state index < -0.39 is 0 Å². The Labute approximate surface area is 184 Å². The maximum Gasteiger partial charge on any atom is 0.257 e. The van der Waals surface area contributed by atoms with Gasteiger partial charge in [0.05, 0.1) is 5.52 Å². The second-order valence-electron chi connectivity index (χ2n) is 8.60. The third-order valence-corrected chi connectivity index (χ3v) is 6.15. The molecule has 0 saturated heterocycles. The number of anilines is 2. The van der Waals surface area contributed by atoms with Crippen molar-refractivity contribution in [1.29, 1.82) is 0 Å². The van der Waals surface area contributed by atoms with Crippen LogP contribution >= 0.6 is 11.6 Å². The van der Waals surface area contributed by atoms with Crippen LogP contribution in [0.2, 0.25) is 5.02 Å². The summed E-state index contributed by atoms with van der Waals surface area (Å²) >= 11 is 6.22. The molecule has 0 N–H and O–H groups in total. The van der Waals surface area contributed by atoms with Crippen molar-refractivity contribution >= 4 is 39.8 Å². The zero-order chi connectivity index (χ0) is 21.8. The van der Waals surface area contributed by atoms with E-state index in [1.807, 2.05) is 36.2 Å². The predicted molar refractivity (Wildman–Crippen MR) is 121 cm³/mol. The minimum absolute atomic E-state index is 0.0614. The number of aromatic nitrogens is 4. The highest BCUT2D eigenvalue weighted by atomic mass is 35.5. The van der Waals surface area contributed by atoms with E-state index in [4.69, 9.17) is 11.6 Å². The molecule has 7 heteroatoms. The largest absolute Gasteiger partial charge is 0.329 e. The molecule has 0 unspecified atom stereocenters. The topological polar surface area (TPSA) is 46.3 Å². The van der Waals surface area contributed by atoms with E-state index in [9.17, 15) is 4.39 Å². The molecule has 0 radical (unpaired) electrons. The molecule has 4 aromatic rings. The smallest absolute Gasteiger partial charge is 0.257 e. The van der Waals surface area contributed by atoms with Crippen LogP contribution in [0.25, 0.3) is 16.7 Å². The Morgan fingerprint density at radius 3 is 2.77 bits per heavy atom. The van der Waals surface area contributed by atoms with Crippen molar-refractivity contribution in [2.75, 3.05) is 11.9 Å². The summed E-state index contributed by atoms with van der Waals surface area (Å²) in [6, 6.07) is 10.4. The fourth-order valence-corrected chi connectivity index (χ4v) is 4.05. The van der Waals surface area contributed by atoms with Gasteiger partial charge in [-0.1, -0.05) is 23.4 Å². The Balaban J connectivity index is 1.60. The summed E-state index contributed by atoms with van der Waals surface area (Å²) < 4.78 is 16.3. The van der Waals surface area contributed by atoms with Gasteiger partial charge in [0.2, 0.25) is 0 Å². The van der Waals surface area contributed by atoms with E-state index in [0.717, 1.165) is 10.9 Å². The Morgan fingerprint density at radius 2 is 2.00 bits per heavy atom. The molecule has 31 heavy (non-hydrogen) atoms. The van der Waals surface area contributed by atoms with Crippen LogP contribution in [-0.4, -0.2) is 26.6 Å². The fraction of sp³-hybridized carbons (Fsp3) is 0.292. The maximum absolute atomic E-state index is 14.5. The van der Waals surface area contributed by atoms with E-state index in [1.165, 1.54) is 25.0 Å². The molecule has 5 rings (SSSR count). The lowest BCUT2D eigenvalue weighted by molar-refractivity contribution is 0.431. The summed E-state index contributed by atoms with van der Waals surface area (Å²) in [6.07, 6.45) is 4.03. The van der Waals surface area contributed by atoms with Gasteiger partial charge in [0, 0.05) is 34.1 Å². The molecule has 156 valence electrons. The van der Waals surface area contributed by atoms with Crippen LogP contribution in [0.5, 0.6) is 0 Å². The Morgan fingerprint density at radius 1 is 1.19 bits per heavy atom. The third kappa shape index (κ3) is 3.70. The summed E-state index contributed by atoms with van der Waals surface area (Å²) in [6.45, 7) is 4.30. The monoisotopic (exact) mass is 433 g/mol. The van der Waals surface area contributed by atoms with E-state index in [1.54, 1.807) is 10.7 Å². The van der Waals surface area contributed by atoms with Gasteiger partial charge in [0.1, 0.15) is 18.0 Å². The SMILES string of the molecule is CN(c1cc(F)cc(C#CC(C)(C)C2CC2)c1)c1nc2nncn2c2cc(Cl)ccc12. The highest BCUT2D eigenvalue weighted by Crippen LogP contribution is 2.44. The molecule has 2 heterocycles. The molecule has 0 atom stereocenters. The van der Waals surface area contributed by atoms with Crippen LogP contribution < -0.4 is 4.90 Å². The zero-order valence-electron chi connectivity index (χ0n) is 17.5. The number of hydrogen-bond acceptors (Lipinski definition) is 4. The first-order valence-electron chi connectivity index (χ1n) is 10.2. The Bertz CT molecular complexity index is 1380. The lowest BCUT2D eigenvalue weighted by atomic mass is 9.88. The molecule has 2 aromatic carbocycles. The van der Waals surface area contributed by atoms with E-state index in [2.05, 4.69) is 40.9 Å². The predicted octanol–water partition coefficient (Wildman–Crippen LogP) is 5.63. The number of rotatable bonds is 3. The van der Waals surface area contributed by atoms with Crippen molar-refractivity contribution < 1.29 is 4.39 Å². The van der Waals surface area contributed by atoms with Gasteiger partial charge >= 0.3 is 0 Å². The number of halogens is 2. The van der Waals surface area contributed by atoms with Crippen molar-refractivity contribution in [3.8, 4) is 11.8 Å². The van der Waals surface area contributed by atoms with Gasteiger partial charge in [-0.25, -0.2) is 4.39 Å². The zero-order valence-corrected chi connectivity index (χ0v) is 18.3. The van der Waals surface area contributed by atoms with Gasteiger partial charge in [0.25, 0.3) is 5.78 Å². The van der Waals surface area contributed by atoms with Gasteiger partial charge < -0.3 is 4.90 Å². The molecule has 0 bridgehead atoms. The average Bonchev–Trinajstić information content (AvgIpc) is 3.50. The first-order valence-corrected chi connectivity index (χ1v) is 10.6. The molecule has 1 aliphatic rings. The van der Waals surface area contributed by atoms with Crippen molar-refractivity contribution in [3.05, 3.63) is 59.1 Å². The first kappa shape index (κ1) is 19.8. The van der Waals surface area contributed by atoms with Crippen LogP contribution in [0.3, 0.4) is 0 Å². The van der Waals surface area contributed by atoms with Gasteiger partial charge in [-0.05, 0) is 69.0 Å². The minimum atomic E-state index is -0.339. The van der Waals surface area contributed by atoms with Gasteiger partial charge in [-0.2, -0.15) is 4.98 Å². The number of benzene rings is 2. The Kier molecular flexibility index (Phi) is 4.60. The van der Waals surface area contributed by atoms with Gasteiger partial charge in [-0.3, -0.25) is 4.40 Å². The number of nitrogens with zero attached hydrogens (tertiary/aromatic N) is 5. The fourth-order valence-electron chi connectivity index (χ4n) is 3.88. The molecule has 0 amide bonds. The molecule has 5 nitrogen and oxygen atoms in total. The van der Waals surface area contributed by atoms with Crippen molar-refractivity contribution in [2.24, 2.45) is 11.3 Å². The van der Waals surface area contributed by atoms with E-state index >= 15 is 0 Å². The molecule has 1 fully saturated rings. The van der Waals surface area contributed by atoms with Gasteiger partial charge in [-0.15, -0.1) is 10.2 Å².